The predicted molar refractivity (Wildman–Crippen MR) is 146 cm³/mol. The molecule has 1 aliphatic heterocycles. The van der Waals surface area contributed by atoms with Crippen LogP contribution in [0.2, 0.25) is 5.02 Å². The molecular weight excluding hydrogens is 470 g/mol. The lowest BCUT2D eigenvalue weighted by Gasteiger charge is -2.20. The van der Waals surface area contributed by atoms with E-state index in [1.165, 1.54) is 5.56 Å². The lowest BCUT2D eigenvalue weighted by molar-refractivity contribution is -0.117. The standard InChI is InChI=1S/C30H32ClN3O2/c1-3-22-10-4-6-12-27(22)34-20-23(19-29(34)35)30-32-26-11-5-7-13-28(26)33(30)16-8-9-17-36-24-14-15-25(31)21(2)18-24/h4-7,10-15,18,23H,3,8-9,16-17,19-20H2,1-2H3. The van der Waals surface area contributed by atoms with Crippen LogP contribution in [0.15, 0.2) is 66.7 Å². The van der Waals surface area contributed by atoms with Gasteiger partial charge in [0.15, 0.2) is 0 Å². The van der Waals surface area contributed by atoms with Crippen molar-refractivity contribution in [1.82, 2.24) is 9.55 Å². The third-order valence-corrected chi connectivity index (χ3v) is 7.44. The van der Waals surface area contributed by atoms with Gasteiger partial charge >= 0.3 is 0 Å². The highest BCUT2D eigenvalue weighted by Crippen LogP contribution is 2.35. The van der Waals surface area contributed by atoms with Crippen LogP contribution in [0.4, 0.5) is 5.69 Å². The molecule has 4 aromatic rings. The number of ether oxygens (including phenoxy) is 1. The van der Waals surface area contributed by atoms with E-state index in [2.05, 4.69) is 41.8 Å². The Labute approximate surface area is 217 Å². The summed E-state index contributed by atoms with van der Waals surface area (Å²) in [5, 5.41) is 0.754. The highest BCUT2D eigenvalue weighted by atomic mass is 35.5. The number of imidazole rings is 1. The first-order valence-corrected chi connectivity index (χ1v) is 13.2. The molecule has 1 aromatic heterocycles. The molecule has 3 aromatic carbocycles. The molecule has 0 bridgehead atoms. The molecule has 5 rings (SSSR count). The number of nitrogens with zero attached hydrogens (tertiary/aromatic N) is 3. The fraction of sp³-hybridized carbons (Fsp3) is 0.333. The maximum atomic E-state index is 13.1. The van der Waals surface area contributed by atoms with Gasteiger partial charge in [-0.2, -0.15) is 0 Å². The molecule has 36 heavy (non-hydrogen) atoms. The van der Waals surface area contributed by atoms with Crippen LogP contribution in [-0.4, -0.2) is 28.6 Å². The molecule has 1 saturated heterocycles. The molecule has 1 fully saturated rings. The summed E-state index contributed by atoms with van der Waals surface area (Å²) in [4.78, 5) is 20.1. The third-order valence-electron chi connectivity index (χ3n) is 7.01. The number of halogens is 1. The molecule has 0 spiro atoms. The molecule has 1 atom stereocenters. The molecule has 2 heterocycles. The van der Waals surface area contributed by atoms with Gasteiger partial charge in [0.2, 0.25) is 5.91 Å². The Morgan fingerprint density at radius 1 is 1.06 bits per heavy atom. The third kappa shape index (κ3) is 4.98. The minimum absolute atomic E-state index is 0.0723. The lowest BCUT2D eigenvalue weighted by atomic mass is 10.1. The normalized spacial score (nSPS) is 15.7. The first-order chi connectivity index (χ1) is 17.5. The molecule has 5 nitrogen and oxygen atoms in total. The number of unbranched alkanes of at least 4 members (excludes halogenated alkanes) is 1. The van der Waals surface area contributed by atoms with Crippen LogP contribution >= 0.6 is 11.6 Å². The maximum Gasteiger partial charge on any atom is 0.227 e. The molecule has 0 radical (unpaired) electrons. The molecule has 0 aliphatic carbocycles. The van der Waals surface area contributed by atoms with Crippen LogP contribution in [-0.2, 0) is 17.8 Å². The van der Waals surface area contributed by atoms with E-state index < -0.39 is 0 Å². The summed E-state index contributed by atoms with van der Waals surface area (Å²) >= 11 is 6.12. The molecular formula is C30H32ClN3O2. The highest BCUT2D eigenvalue weighted by Gasteiger charge is 2.35. The van der Waals surface area contributed by atoms with Gasteiger partial charge in [0, 0.05) is 36.1 Å². The van der Waals surface area contributed by atoms with E-state index in [0.717, 1.165) is 64.7 Å². The largest absolute Gasteiger partial charge is 0.494 e. The summed E-state index contributed by atoms with van der Waals surface area (Å²) in [5.41, 5.74) is 5.37. The Balaban J connectivity index is 1.30. The highest BCUT2D eigenvalue weighted by molar-refractivity contribution is 6.31. The number of aromatic nitrogens is 2. The monoisotopic (exact) mass is 501 g/mol. The van der Waals surface area contributed by atoms with E-state index in [9.17, 15) is 4.79 Å². The van der Waals surface area contributed by atoms with E-state index in [-0.39, 0.29) is 11.8 Å². The van der Waals surface area contributed by atoms with Gasteiger partial charge in [-0.25, -0.2) is 4.98 Å². The van der Waals surface area contributed by atoms with Gasteiger partial charge in [-0.1, -0.05) is 48.9 Å². The second kappa shape index (κ2) is 10.8. The zero-order chi connectivity index (χ0) is 25.1. The molecule has 1 amide bonds. The predicted octanol–water partition coefficient (Wildman–Crippen LogP) is 6.94. The number of amides is 1. The average molecular weight is 502 g/mol. The van der Waals surface area contributed by atoms with Crippen molar-refractivity contribution in [2.75, 3.05) is 18.1 Å². The summed E-state index contributed by atoms with van der Waals surface area (Å²) in [7, 11) is 0. The van der Waals surface area contributed by atoms with E-state index >= 15 is 0 Å². The van der Waals surface area contributed by atoms with Gasteiger partial charge in [-0.3, -0.25) is 4.79 Å². The van der Waals surface area contributed by atoms with E-state index in [1.807, 2.05) is 48.2 Å². The zero-order valence-corrected chi connectivity index (χ0v) is 21.7. The smallest absolute Gasteiger partial charge is 0.227 e. The van der Waals surface area contributed by atoms with Crippen LogP contribution in [0.1, 0.15) is 49.1 Å². The summed E-state index contributed by atoms with van der Waals surface area (Å²) in [5.74, 6) is 2.10. The van der Waals surface area contributed by atoms with Gasteiger partial charge in [0.1, 0.15) is 11.6 Å². The Bertz CT molecular complexity index is 1380. The molecule has 0 saturated carbocycles. The number of hydrogen-bond donors (Lipinski definition) is 0. The van der Waals surface area contributed by atoms with Crippen molar-refractivity contribution in [2.24, 2.45) is 0 Å². The summed E-state index contributed by atoms with van der Waals surface area (Å²) in [6, 6.07) is 22.2. The Hall–Kier alpha value is -3.31. The number of aryl methyl sites for hydroxylation is 3. The summed E-state index contributed by atoms with van der Waals surface area (Å²) in [6.45, 7) is 6.27. The quantitative estimate of drug-likeness (QED) is 0.233. The first kappa shape index (κ1) is 24.4. The number of para-hydroxylation sites is 3. The molecule has 0 N–H and O–H groups in total. The van der Waals surface area contributed by atoms with Crippen LogP contribution in [0.3, 0.4) is 0 Å². The van der Waals surface area contributed by atoms with Gasteiger partial charge in [0.05, 0.1) is 17.6 Å². The second-order valence-corrected chi connectivity index (χ2v) is 9.87. The number of hydrogen-bond acceptors (Lipinski definition) is 3. The second-order valence-electron chi connectivity index (χ2n) is 9.46. The summed E-state index contributed by atoms with van der Waals surface area (Å²) < 4.78 is 8.26. The Morgan fingerprint density at radius 2 is 1.86 bits per heavy atom. The maximum absolute atomic E-state index is 13.1. The van der Waals surface area contributed by atoms with Gasteiger partial charge in [-0.15, -0.1) is 0 Å². The average Bonchev–Trinajstić information content (AvgIpc) is 3.46. The van der Waals surface area contributed by atoms with Crippen molar-refractivity contribution in [2.45, 2.75) is 52.0 Å². The van der Waals surface area contributed by atoms with Crippen molar-refractivity contribution >= 4 is 34.2 Å². The minimum Gasteiger partial charge on any atom is -0.494 e. The first-order valence-electron chi connectivity index (χ1n) is 12.8. The number of carbonyl (C=O) groups excluding carboxylic acids is 1. The van der Waals surface area contributed by atoms with E-state index in [4.69, 9.17) is 21.3 Å². The van der Waals surface area contributed by atoms with Crippen molar-refractivity contribution in [3.8, 4) is 5.75 Å². The SMILES string of the molecule is CCc1ccccc1N1CC(c2nc3ccccc3n2CCCCOc2ccc(Cl)c(C)c2)CC1=O. The fourth-order valence-electron chi connectivity index (χ4n) is 5.10. The van der Waals surface area contributed by atoms with E-state index in [1.54, 1.807) is 0 Å². The fourth-order valence-corrected chi connectivity index (χ4v) is 5.21. The van der Waals surface area contributed by atoms with Crippen LogP contribution in [0, 0.1) is 6.92 Å². The van der Waals surface area contributed by atoms with Gasteiger partial charge in [0.25, 0.3) is 0 Å². The minimum atomic E-state index is 0.0723. The van der Waals surface area contributed by atoms with Gasteiger partial charge < -0.3 is 14.2 Å². The molecule has 186 valence electrons. The topological polar surface area (TPSA) is 47.4 Å². The zero-order valence-electron chi connectivity index (χ0n) is 20.9. The van der Waals surface area contributed by atoms with Gasteiger partial charge in [-0.05, 0) is 73.7 Å². The van der Waals surface area contributed by atoms with Crippen molar-refractivity contribution < 1.29 is 9.53 Å². The lowest BCUT2D eigenvalue weighted by Crippen LogP contribution is -2.25. The Kier molecular flexibility index (Phi) is 7.28. The van der Waals surface area contributed by atoms with Crippen LogP contribution in [0.5, 0.6) is 5.75 Å². The number of anilines is 1. The van der Waals surface area contributed by atoms with Crippen LogP contribution < -0.4 is 9.64 Å². The van der Waals surface area contributed by atoms with Crippen molar-refractivity contribution in [1.29, 1.82) is 0 Å². The summed E-state index contributed by atoms with van der Waals surface area (Å²) in [6.07, 6.45) is 3.28. The van der Waals surface area contributed by atoms with Crippen LogP contribution in [0.25, 0.3) is 11.0 Å². The number of fused-ring (bicyclic) bond motifs is 1. The number of carbonyl (C=O) groups is 1. The van der Waals surface area contributed by atoms with Crippen molar-refractivity contribution in [3.63, 3.8) is 0 Å². The number of benzene rings is 3. The van der Waals surface area contributed by atoms with E-state index in [0.29, 0.717) is 19.6 Å². The molecule has 1 unspecified atom stereocenters. The van der Waals surface area contributed by atoms with Crippen molar-refractivity contribution in [3.05, 3.63) is 88.7 Å². The molecule has 1 aliphatic rings. The Morgan fingerprint density at radius 3 is 2.69 bits per heavy atom. The number of rotatable bonds is 9. The molecule has 6 heteroatoms.